The second-order valence-electron chi connectivity index (χ2n) is 4.88. The minimum absolute atomic E-state index is 0.127. The highest BCUT2D eigenvalue weighted by atomic mass is 35.5. The number of rotatable bonds is 5. The zero-order valence-corrected chi connectivity index (χ0v) is 14.7. The first-order valence-electron chi connectivity index (χ1n) is 7.38. The van der Waals surface area contributed by atoms with E-state index < -0.39 is 10.0 Å². The number of sulfonamides is 1. The van der Waals surface area contributed by atoms with Gasteiger partial charge >= 0.3 is 0 Å². The largest absolute Gasteiger partial charge is 0.356 e. The monoisotopic (exact) mass is 350 g/mol. The molecule has 0 fully saturated rings. The second-order valence-corrected chi connectivity index (χ2v) is 6.92. The molecule has 0 spiro atoms. The van der Waals surface area contributed by atoms with Crippen molar-refractivity contribution in [2.24, 2.45) is 4.40 Å². The summed E-state index contributed by atoms with van der Waals surface area (Å²) in [6.45, 7) is 5.27. The van der Waals surface area contributed by atoms with Crippen LogP contribution in [0.25, 0.3) is 0 Å². The molecular formula is C17H19ClN2O2S. The first kappa shape index (κ1) is 17.5. The SMILES string of the molecule is CCN(CC)/C(=N/S(=O)(=O)c1ccc(Cl)cc1)c1ccccc1. The molecule has 0 aliphatic carbocycles. The average molecular weight is 351 g/mol. The van der Waals surface area contributed by atoms with Gasteiger partial charge in [-0.1, -0.05) is 41.9 Å². The number of hydrogen-bond donors (Lipinski definition) is 0. The van der Waals surface area contributed by atoms with Crippen LogP contribution < -0.4 is 0 Å². The molecule has 0 saturated heterocycles. The quantitative estimate of drug-likeness (QED) is 0.608. The van der Waals surface area contributed by atoms with E-state index >= 15 is 0 Å². The molecule has 0 N–H and O–H groups in total. The molecule has 2 aromatic carbocycles. The third-order valence-electron chi connectivity index (χ3n) is 3.41. The smallest absolute Gasteiger partial charge is 0.284 e. The van der Waals surface area contributed by atoms with Crippen LogP contribution in [0.3, 0.4) is 0 Å². The van der Waals surface area contributed by atoms with E-state index in [0.29, 0.717) is 23.9 Å². The fraction of sp³-hybridized carbons (Fsp3) is 0.235. The van der Waals surface area contributed by atoms with Crippen LogP contribution in [-0.2, 0) is 10.0 Å². The summed E-state index contributed by atoms with van der Waals surface area (Å²) in [5, 5.41) is 0.486. The third-order valence-corrected chi connectivity index (χ3v) is 4.95. The lowest BCUT2D eigenvalue weighted by molar-refractivity contribution is 0.467. The number of benzene rings is 2. The van der Waals surface area contributed by atoms with Gasteiger partial charge in [-0.15, -0.1) is 4.40 Å². The lowest BCUT2D eigenvalue weighted by atomic mass is 10.2. The van der Waals surface area contributed by atoms with Crippen molar-refractivity contribution in [3.63, 3.8) is 0 Å². The maximum absolute atomic E-state index is 12.6. The summed E-state index contributed by atoms with van der Waals surface area (Å²) in [4.78, 5) is 2.05. The Morgan fingerprint density at radius 1 is 1.00 bits per heavy atom. The summed E-state index contributed by atoms with van der Waals surface area (Å²) in [5.74, 6) is 0.450. The van der Waals surface area contributed by atoms with Crippen LogP contribution in [0, 0.1) is 0 Å². The van der Waals surface area contributed by atoms with Gasteiger partial charge in [0.05, 0.1) is 4.90 Å². The molecule has 2 aromatic rings. The van der Waals surface area contributed by atoms with Crippen molar-refractivity contribution in [3.05, 3.63) is 65.2 Å². The summed E-state index contributed by atoms with van der Waals surface area (Å²) in [5.41, 5.74) is 0.772. The van der Waals surface area contributed by atoms with Gasteiger partial charge in [0, 0.05) is 23.7 Å². The van der Waals surface area contributed by atoms with Crippen molar-refractivity contribution in [2.45, 2.75) is 18.7 Å². The first-order valence-corrected chi connectivity index (χ1v) is 9.20. The zero-order chi connectivity index (χ0) is 16.9. The summed E-state index contributed by atoms with van der Waals surface area (Å²) in [6.07, 6.45) is 0. The Kier molecular flexibility index (Phi) is 5.80. The molecule has 0 aliphatic rings. The molecule has 4 nitrogen and oxygen atoms in total. The lowest BCUT2D eigenvalue weighted by Gasteiger charge is -2.23. The van der Waals surface area contributed by atoms with Gasteiger partial charge in [-0.3, -0.25) is 0 Å². The molecule has 2 rings (SSSR count). The Hall–Kier alpha value is -1.85. The topological polar surface area (TPSA) is 49.7 Å². The lowest BCUT2D eigenvalue weighted by Crippen LogP contribution is -2.32. The summed E-state index contributed by atoms with van der Waals surface area (Å²) >= 11 is 5.82. The van der Waals surface area contributed by atoms with Crippen LogP contribution in [-0.4, -0.2) is 32.2 Å². The van der Waals surface area contributed by atoms with E-state index in [1.807, 2.05) is 49.1 Å². The van der Waals surface area contributed by atoms with E-state index in [1.54, 1.807) is 12.1 Å². The van der Waals surface area contributed by atoms with Crippen molar-refractivity contribution in [1.82, 2.24) is 4.90 Å². The van der Waals surface area contributed by atoms with Crippen molar-refractivity contribution >= 4 is 27.5 Å². The van der Waals surface area contributed by atoms with Gasteiger partial charge < -0.3 is 4.90 Å². The highest BCUT2D eigenvalue weighted by Crippen LogP contribution is 2.18. The van der Waals surface area contributed by atoms with E-state index in [4.69, 9.17) is 11.6 Å². The van der Waals surface area contributed by atoms with Crippen LogP contribution in [0.4, 0.5) is 0 Å². The van der Waals surface area contributed by atoms with Crippen LogP contribution in [0.1, 0.15) is 19.4 Å². The summed E-state index contributed by atoms with van der Waals surface area (Å²) in [7, 11) is -3.80. The Bertz CT molecular complexity index is 768. The normalized spacial score (nSPS) is 12.2. The highest BCUT2D eigenvalue weighted by molar-refractivity contribution is 7.90. The van der Waals surface area contributed by atoms with Crippen molar-refractivity contribution in [1.29, 1.82) is 0 Å². The minimum Gasteiger partial charge on any atom is -0.356 e. The van der Waals surface area contributed by atoms with Crippen LogP contribution >= 0.6 is 11.6 Å². The number of nitrogens with zero attached hydrogens (tertiary/aromatic N) is 2. The molecule has 0 heterocycles. The van der Waals surface area contributed by atoms with Crippen molar-refractivity contribution < 1.29 is 8.42 Å². The van der Waals surface area contributed by atoms with E-state index in [2.05, 4.69) is 4.40 Å². The predicted octanol–water partition coefficient (Wildman–Crippen LogP) is 3.82. The van der Waals surface area contributed by atoms with E-state index in [1.165, 1.54) is 12.1 Å². The zero-order valence-electron chi connectivity index (χ0n) is 13.1. The highest BCUT2D eigenvalue weighted by Gasteiger charge is 2.18. The number of hydrogen-bond acceptors (Lipinski definition) is 2. The fourth-order valence-electron chi connectivity index (χ4n) is 2.18. The third kappa shape index (κ3) is 4.33. The molecule has 0 atom stereocenters. The number of halogens is 1. The van der Waals surface area contributed by atoms with Crippen LogP contribution in [0.5, 0.6) is 0 Å². The standard InChI is InChI=1S/C17H19ClN2O2S/c1-3-20(4-2)17(14-8-6-5-7-9-14)19-23(21,22)16-12-10-15(18)11-13-16/h5-13H,3-4H2,1-2H3/b19-17+. The molecule has 122 valence electrons. The summed E-state index contributed by atoms with van der Waals surface area (Å²) in [6, 6.07) is 15.3. The molecule has 0 aromatic heterocycles. The van der Waals surface area contributed by atoms with Gasteiger partial charge in [-0.25, -0.2) is 0 Å². The van der Waals surface area contributed by atoms with Crippen LogP contribution in [0.15, 0.2) is 63.9 Å². The van der Waals surface area contributed by atoms with Gasteiger partial charge in [-0.2, -0.15) is 8.42 Å². The molecule has 0 radical (unpaired) electrons. The molecule has 0 saturated carbocycles. The Labute approximate surface area is 142 Å². The Balaban J connectivity index is 2.53. The van der Waals surface area contributed by atoms with E-state index in [0.717, 1.165) is 5.56 Å². The van der Waals surface area contributed by atoms with Gasteiger partial charge in [0.1, 0.15) is 5.84 Å². The molecule has 23 heavy (non-hydrogen) atoms. The molecule has 0 aliphatic heterocycles. The minimum atomic E-state index is -3.80. The molecule has 6 heteroatoms. The molecule has 0 amide bonds. The van der Waals surface area contributed by atoms with Gasteiger partial charge in [-0.05, 0) is 38.1 Å². The molecular weight excluding hydrogens is 332 g/mol. The fourth-order valence-corrected chi connectivity index (χ4v) is 3.34. The number of amidine groups is 1. The van der Waals surface area contributed by atoms with Gasteiger partial charge in [0.25, 0.3) is 10.0 Å². The van der Waals surface area contributed by atoms with Crippen molar-refractivity contribution in [2.75, 3.05) is 13.1 Å². The maximum atomic E-state index is 12.6. The van der Waals surface area contributed by atoms with Crippen LogP contribution in [0.2, 0.25) is 5.02 Å². The maximum Gasteiger partial charge on any atom is 0.284 e. The predicted molar refractivity (Wildman–Crippen MR) is 94.5 cm³/mol. The molecule has 0 bridgehead atoms. The average Bonchev–Trinajstić information content (AvgIpc) is 2.56. The Morgan fingerprint density at radius 2 is 1.57 bits per heavy atom. The molecule has 0 unspecified atom stereocenters. The first-order chi connectivity index (χ1) is 11.0. The van der Waals surface area contributed by atoms with E-state index in [9.17, 15) is 8.42 Å². The van der Waals surface area contributed by atoms with Gasteiger partial charge in [0.2, 0.25) is 0 Å². The second kappa shape index (κ2) is 7.62. The summed E-state index contributed by atoms with van der Waals surface area (Å²) < 4.78 is 29.3. The van der Waals surface area contributed by atoms with Gasteiger partial charge in [0.15, 0.2) is 0 Å². The van der Waals surface area contributed by atoms with Crippen molar-refractivity contribution in [3.8, 4) is 0 Å². The van der Waals surface area contributed by atoms with E-state index in [-0.39, 0.29) is 4.90 Å². The Morgan fingerprint density at radius 3 is 2.09 bits per heavy atom.